The zero-order valence-corrected chi connectivity index (χ0v) is 11.5. The molecule has 0 radical (unpaired) electrons. The molecule has 2 N–H and O–H groups in total. The Morgan fingerprint density at radius 3 is 2.74 bits per heavy atom. The summed E-state index contributed by atoms with van der Waals surface area (Å²) in [5.41, 5.74) is 1.04. The minimum Gasteiger partial charge on any atom is -0.360 e. The Morgan fingerprint density at radius 2 is 2.21 bits per heavy atom. The van der Waals surface area contributed by atoms with E-state index < -0.39 is 0 Å². The van der Waals surface area contributed by atoms with Crippen molar-refractivity contribution in [1.29, 1.82) is 0 Å². The third-order valence-electron chi connectivity index (χ3n) is 2.85. The number of aromatic nitrogens is 3. The second-order valence-corrected chi connectivity index (χ2v) is 5.55. The summed E-state index contributed by atoms with van der Waals surface area (Å²) in [5, 5.41) is 13.2. The fourth-order valence-corrected chi connectivity index (χ4v) is 1.59. The lowest BCUT2D eigenvalue weighted by molar-refractivity contribution is 0.0930. The quantitative estimate of drug-likeness (QED) is 0.888. The van der Waals surface area contributed by atoms with E-state index in [1.807, 2.05) is 27.7 Å². The molecule has 1 amide bonds. The van der Waals surface area contributed by atoms with Gasteiger partial charge in [-0.3, -0.25) is 9.89 Å². The van der Waals surface area contributed by atoms with Crippen LogP contribution in [0.4, 0.5) is 0 Å². The number of amides is 1. The van der Waals surface area contributed by atoms with Gasteiger partial charge in [0.2, 0.25) is 0 Å². The molecule has 0 fully saturated rings. The van der Waals surface area contributed by atoms with E-state index in [9.17, 15) is 4.79 Å². The number of hydrogen-bond acceptors (Lipinski definition) is 4. The monoisotopic (exact) mass is 262 g/mol. The van der Waals surface area contributed by atoms with Gasteiger partial charge in [0.1, 0.15) is 5.76 Å². The minimum absolute atomic E-state index is 0.138. The van der Waals surface area contributed by atoms with E-state index in [1.54, 1.807) is 18.5 Å². The Hall–Kier alpha value is -2.11. The van der Waals surface area contributed by atoms with Crippen LogP contribution in [-0.2, 0) is 5.41 Å². The Bertz CT molecular complexity index is 551. The van der Waals surface area contributed by atoms with Crippen molar-refractivity contribution in [3.05, 3.63) is 35.5 Å². The van der Waals surface area contributed by atoms with Gasteiger partial charge in [0.15, 0.2) is 5.69 Å². The van der Waals surface area contributed by atoms with Crippen LogP contribution in [0.2, 0.25) is 0 Å². The van der Waals surface area contributed by atoms with E-state index in [-0.39, 0.29) is 17.4 Å². The van der Waals surface area contributed by atoms with E-state index in [1.165, 1.54) is 0 Å². The predicted molar refractivity (Wildman–Crippen MR) is 69.7 cm³/mol. The smallest absolute Gasteiger partial charge is 0.273 e. The Morgan fingerprint density at radius 1 is 1.47 bits per heavy atom. The van der Waals surface area contributed by atoms with Crippen molar-refractivity contribution in [2.75, 3.05) is 0 Å². The van der Waals surface area contributed by atoms with Gasteiger partial charge in [-0.2, -0.15) is 5.10 Å². The van der Waals surface area contributed by atoms with Gasteiger partial charge < -0.3 is 9.84 Å². The molecular formula is C13H18N4O2. The van der Waals surface area contributed by atoms with Crippen LogP contribution in [0.25, 0.3) is 0 Å². The summed E-state index contributed by atoms with van der Waals surface area (Å²) in [6.07, 6.45) is 3.42. The van der Waals surface area contributed by atoms with E-state index in [0.29, 0.717) is 11.5 Å². The van der Waals surface area contributed by atoms with E-state index >= 15 is 0 Å². The van der Waals surface area contributed by atoms with Crippen LogP contribution in [0.3, 0.4) is 0 Å². The number of aromatic amines is 1. The molecule has 0 aliphatic carbocycles. The second-order valence-electron chi connectivity index (χ2n) is 5.55. The van der Waals surface area contributed by atoms with Gasteiger partial charge in [-0.1, -0.05) is 25.9 Å². The van der Waals surface area contributed by atoms with Gasteiger partial charge in [0, 0.05) is 23.2 Å². The summed E-state index contributed by atoms with van der Waals surface area (Å²) in [6, 6.07) is 1.54. The predicted octanol–water partition coefficient (Wildman–Crippen LogP) is 2.19. The van der Waals surface area contributed by atoms with Gasteiger partial charge in [0.05, 0.1) is 12.2 Å². The Balaban J connectivity index is 2.06. The normalized spacial score (nSPS) is 13.3. The van der Waals surface area contributed by atoms with Crippen molar-refractivity contribution >= 4 is 5.91 Å². The third kappa shape index (κ3) is 3.01. The van der Waals surface area contributed by atoms with Crippen LogP contribution in [0.15, 0.2) is 23.0 Å². The summed E-state index contributed by atoms with van der Waals surface area (Å²) in [7, 11) is 0. The fraction of sp³-hybridized carbons (Fsp3) is 0.462. The van der Waals surface area contributed by atoms with Crippen LogP contribution in [0.1, 0.15) is 55.5 Å². The Labute approximate surface area is 111 Å². The number of nitrogens with one attached hydrogen (secondary N) is 2. The molecule has 0 bridgehead atoms. The number of nitrogens with zero attached hydrogens (tertiary/aromatic N) is 2. The zero-order chi connectivity index (χ0) is 14.0. The molecule has 19 heavy (non-hydrogen) atoms. The van der Waals surface area contributed by atoms with Crippen molar-refractivity contribution in [2.45, 2.75) is 39.2 Å². The van der Waals surface area contributed by atoms with Crippen LogP contribution in [0, 0.1) is 0 Å². The fourth-order valence-electron chi connectivity index (χ4n) is 1.59. The molecule has 2 rings (SSSR count). The lowest BCUT2D eigenvalue weighted by Crippen LogP contribution is -2.26. The maximum atomic E-state index is 12.0. The molecule has 0 spiro atoms. The summed E-state index contributed by atoms with van der Waals surface area (Å²) in [6.45, 7) is 7.89. The molecule has 102 valence electrons. The van der Waals surface area contributed by atoms with Gasteiger partial charge >= 0.3 is 0 Å². The SMILES string of the molecule is CC(NC(=O)c1cc(C(C)(C)C)on1)c1cn[nH]c1. The van der Waals surface area contributed by atoms with E-state index in [2.05, 4.69) is 20.7 Å². The zero-order valence-electron chi connectivity index (χ0n) is 11.5. The lowest BCUT2D eigenvalue weighted by Gasteiger charge is -2.12. The molecule has 0 saturated heterocycles. The number of carbonyl (C=O) groups excluding carboxylic acids is 1. The van der Waals surface area contributed by atoms with Crippen LogP contribution in [-0.4, -0.2) is 21.3 Å². The van der Waals surface area contributed by atoms with Crippen molar-refractivity contribution in [3.8, 4) is 0 Å². The average molecular weight is 262 g/mol. The molecule has 0 saturated carbocycles. The average Bonchev–Trinajstić information content (AvgIpc) is 3.00. The summed E-state index contributed by atoms with van der Waals surface area (Å²) < 4.78 is 5.19. The van der Waals surface area contributed by atoms with Gasteiger partial charge in [-0.25, -0.2) is 0 Å². The molecule has 0 aliphatic heterocycles. The Kier molecular flexibility index (Phi) is 3.42. The highest BCUT2D eigenvalue weighted by molar-refractivity contribution is 5.92. The molecule has 6 heteroatoms. The largest absolute Gasteiger partial charge is 0.360 e. The minimum atomic E-state index is -0.257. The van der Waals surface area contributed by atoms with Gasteiger partial charge in [0.25, 0.3) is 5.91 Å². The highest BCUT2D eigenvalue weighted by atomic mass is 16.5. The topological polar surface area (TPSA) is 83.8 Å². The van der Waals surface area contributed by atoms with Crippen molar-refractivity contribution in [1.82, 2.24) is 20.7 Å². The van der Waals surface area contributed by atoms with Gasteiger partial charge in [-0.15, -0.1) is 0 Å². The van der Waals surface area contributed by atoms with Gasteiger partial charge in [-0.05, 0) is 6.92 Å². The highest BCUT2D eigenvalue weighted by Crippen LogP contribution is 2.22. The molecule has 2 aromatic heterocycles. The first-order valence-corrected chi connectivity index (χ1v) is 6.14. The molecule has 2 heterocycles. The molecular weight excluding hydrogens is 244 g/mol. The first-order chi connectivity index (χ1) is 8.88. The van der Waals surface area contributed by atoms with Crippen LogP contribution in [0.5, 0.6) is 0 Å². The van der Waals surface area contributed by atoms with Crippen LogP contribution >= 0.6 is 0 Å². The lowest BCUT2D eigenvalue weighted by atomic mass is 9.93. The number of carbonyl (C=O) groups is 1. The van der Waals surface area contributed by atoms with Crippen molar-refractivity contribution in [2.24, 2.45) is 0 Å². The third-order valence-corrected chi connectivity index (χ3v) is 2.85. The maximum absolute atomic E-state index is 12.0. The first kappa shape index (κ1) is 13.3. The highest BCUT2D eigenvalue weighted by Gasteiger charge is 2.22. The molecule has 1 atom stereocenters. The first-order valence-electron chi connectivity index (χ1n) is 6.14. The molecule has 0 aromatic carbocycles. The molecule has 1 unspecified atom stereocenters. The van der Waals surface area contributed by atoms with Crippen molar-refractivity contribution in [3.63, 3.8) is 0 Å². The molecule has 6 nitrogen and oxygen atoms in total. The second kappa shape index (κ2) is 4.87. The standard InChI is InChI=1S/C13H18N4O2/c1-8(9-6-14-15-7-9)16-12(18)10-5-11(19-17-10)13(2,3)4/h5-8H,1-4H3,(H,14,15)(H,16,18). The molecule has 2 aromatic rings. The van der Waals surface area contributed by atoms with E-state index in [4.69, 9.17) is 4.52 Å². The molecule has 0 aliphatic rings. The number of rotatable bonds is 3. The van der Waals surface area contributed by atoms with Crippen LogP contribution < -0.4 is 5.32 Å². The summed E-state index contributed by atoms with van der Waals surface area (Å²) >= 11 is 0. The summed E-state index contributed by atoms with van der Waals surface area (Å²) in [5.74, 6) is 0.432. The maximum Gasteiger partial charge on any atom is 0.273 e. The van der Waals surface area contributed by atoms with E-state index in [0.717, 1.165) is 5.56 Å². The number of hydrogen-bond donors (Lipinski definition) is 2. The van der Waals surface area contributed by atoms with Crippen molar-refractivity contribution < 1.29 is 9.32 Å². The number of H-pyrrole nitrogens is 1. The summed E-state index contributed by atoms with van der Waals surface area (Å²) in [4.78, 5) is 12.0.